The van der Waals surface area contributed by atoms with E-state index >= 15 is 0 Å². The van der Waals surface area contributed by atoms with Crippen molar-refractivity contribution in [1.29, 1.82) is 0 Å². The van der Waals surface area contributed by atoms with E-state index in [0.717, 1.165) is 50.4 Å². The van der Waals surface area contributed by atoms with E-state index < -0.39 is 0 Å². The van der Waals surface area contributed by atoms with Gasteiger partial charge in [0, 0.05) is 31.4 Å². The summed E-state index contributed by atoms with van der Waals surface area (Å²) in [6.45, 7) is 6.44. The van der Waals surface area contributed by atoms with Gasteiger partial charge in [0.05, 0.1) is 13.2 Å². The molecular weight excluding hydrogens is 345 g/mol. The van der Waals surface area contributed by atoms with Gasteiger partial charge in [-0.15, -0.1) is 0 Å². The lowest BCUT2D eigenvalue weighted by Crippen LogP contribution is -2.41. The fourth-order valence-electron chi connectivity index (χ4n) is 3.08. The molecule has 3 rings (SSSR count). The predicted octanol–water partition coefficient (Wildman–Crippen LogP) is 3.73. The fraction of sp³-hybridized carbons (Fsp3) is 0.381. The van der Waals surface area contributed by atoms with Gasteiger partial charge in [-0.3, -0.25) is 4.90 Å². The van der Waals surface area contributed by atoms with Crippen molar-refractivity contribution in [2.45, 2.75) is 19.4 Å². The smallest absolute Gasteiger partial charge is 0.319 e. The molecule has 0 spiro atoms. The monoisotopic (exact) mass is 371 g/mol. The van der Waals surface area contributed by atoms with Crippen LogP contribution >= 0.6 is 0 Å². The highest BCUT2D eigenvalue weighted by Crippen LogP contribution is 2.22. The van der Waals surface area contributed by atoms with Crippen molar-refractivity contribution in [3.63, 3.8) is 0 Å². The molecule has 0 bridgehead atoms. The predicted molar refractivity (Wildman–Crippen MR) is 105 cm³/mol. The molecule has 1 atom stereocenters. The van der Waals surface area contributed by atoms with Crippen LogP contribution < -0.4 is 10.6 Å². The number of anilines is 1. The molecule has 2 aromatic rings. The van der Waals surface area contributed by atoms with Crippen LogP contribution in [0.4, 0.5) is 14.9 Å². The van der Waals surface area contributed by atoms with Gasteiger partial charge in [0.1, 0.15) is 5.82 Å². The molecule has 144 valence electrons. The molecule has 1 saturated heterocycles. The Morgan fingerprint density at radius 1 is 1.15 bits per heavy atom. The summed E-state index contributed by atoms with van der Waals surface area (Å²) in [5.41, 5.74) is 2.41. The van der Waals surface area contributed by atoms with Gasteiger partial charge in [-0.1, -0.05) is 24.3 Å². The van der Waals surface area contributed by atoms with E-state index in [0.29, 0.717) is 5.69 Å². The number of carbonyl (C=O) groups is 1. The minimum Gasteiger partial charge on any atom is -0.379 e. The summed E-state index contributed by atoms with van der Waals surface area (Å²) < 4.78 is 18.7. The highest BCUT2D eigenvalue weighted by Gasteiger charge is 2.13. The number of hydrogen-bond acceptors (Lipinski definition) is 3. The molecule has 0 saturated carbocycles. The van der Waals surface area contributed by atoms with E-state index in [2.05, 4.69) is 15.5 Å². The Labute approximate surface area is 159 Å². The molecule has 1 heterocycles. The maximum absolute atomic E-state index is 13.3. The minimum atomic E-state index is -0.264. The molecule has 2 N–H and O–H groups in total. The number of rotatable bonds is 6. The molecule has 1 unspecified atom stereocenters. The first-order chi connectivity index (χ1) is 13.1. The highest BCUT2D eigenvalue weighted by atomic mass is 19.1. The average Bonchev–Trinajstić information content (AvgIpc) is 2.68. The van der Waals surface area contributed by atoms with Gasteiger partial charge in [-0.05, 0) is 48.7 Å². The lowest BCUT2D eigenvalue weighted by molar-refractivity contribution is 0.0365. The van der Waals surface area contributed by atoms with Crippen LogP contribution in [0.1, 0.15) is 13.3 Å². The molecule has 2 aromatic carbocycles. The number of amides is 2. The second-order valence-corrected chi connectivity index (χ2v) is 6.83. The summed E-state index contributed by atoms with van der Waals surface area (Å²) in [7, 11) is 0. The topological polar surface area (TPSA) is 53.6 Å². The van der Waals surface area contributed by atoms with Crippen LogP contribution in [0, 0.1) is 5.82 Å². The minimum absolute atomic E-state index is 0.0828. The number of halogens is 1. The summed E-state index contributed by atoms with van der Waals surface area (Å²) in [4.78, 5) is 14.5. The summed E-state index contributed by atoms with van der Waals surface area (Å²) in [5.74, 6) is -0.264. The molecule has 2 amide bonds. The first kappa shape index (κ1) is 19.3. The maximum Gasteiger partial charge on any atom is 0.319 e. The zero-order chi connectivity index (χ0) is 19.1. The standard InChI is InChI=1S/C21H26FN3O2/c1-16(9-10-25-11-13-27-14-12-25)23-21(26)24-20-7-5-17(6-8-20)18-3-2-4-19(22)15-18/h2-8,15-16H,9-14H2,1H3,(H2,23,24,26). The van der Waals surface area contributed by atoms with E-state index in [1.54, 1.807) is 6.07 Å². The molecule has 6 heteroatoms. The number of urea groups is 1. The number of morpholine rings is 1. The Bertz CT molecular complexity index is 745. The summed E-state index contributed by atoms with van der Waals surface area (Å²) in [6.07, 6.45) is 0.895. The molecule has 1 fully saturated rings. The number of carbonyl (C=O) groups excluding carboxylic acids is 1. The van der Waals surface area contributed by atoms with Crippen molar-refractivity contribution in [1.82, 2.24) is 10.2 Å². The van der Waals surface area contributed by atoms with Crippen LogP contribution in [0.2, 0.25) is 0 Å². The quantitative estimate of drug-likeness (QED) is 0.814. The Hall–Kier alpha value is -2.44. The first-order valence-corrected chi connectivity index (χ1v) is 9.34. The Balaban J connectivity index is 1.46. The third-order valence-corrected chi connectivity index (χ3v) is 4.66. The maximum atomic E-state index is 13.3. The second-order valence-electron chi connectivity index (χ2n) is 6.83. The van der Waals surface area contributed by atoms with Crippen LogP contribution in [-0.4, -0.2) is 49.8 Å². The van der Waals surface area contributed by atoms with Gasteiger partial charge in [-0.2, -0.15) is 0 Å². The van der Waals surface area contributed by atoms with Gasteiger partial charge >= 0.3 is 6.03 Å². The SMILES string of the molecule is CC(CCN1CCOCC1)NC(=O)Nc1ccc(-c2cccc(F)c2)cc1. The highest BCUT2D eigenvalue weighted by molar-refractivity contribution is 5.89. The molecular formula is C21H26FN3O2. The van der Waals surface area contributed by atoms with Crippen LogP contribution in [0.5, 0.6) is 0 Å². The molecule has 5 nitrogen and oxygen atoms in total. The molecule has 0 radical (unpaired) electrons. The molecule has 1 aliphatic rings. The van der Waals surface area contributed by atoms with Crippen LogP contribution in [0.3, 0.4) is 0 Å². The van der Waals surface area contributed by atoms with Gasteiger partial charge in [-0.25, -0.2) is 9.18 Å². The van der Waals surface area contributed by atoms with Crippen molar-refractivity contribution in [2.24, 2.45) is 0 Å². The van der Waals surface area contributed by atoms with Gasteiger partial charge in [0.15, 0.2) is 0 Å². The lowest BCUT2D eigenvalue weighted by Gasteiger charge is -2.27. The normalized spacial score (nSPS) is 15.9. The van der Waals surface area contributed by atoms with Crippen molar-refractivity contribution in [3.05, 3.63) is 54.3 Å². The third kappa shape index (κ3) is 6.05. The average molecular weight is 371 g/mol. The Kier molecular flexibility index (Phi) is 6.79. The van der Waals surface area contributed by atoms with Gasteiger partial charge in [0.25, 0.3) is 0 Å². The number of benzene rings is 2. The summed E-state index contributed by atoms with van der Waals surface area (Å²) in [5, 5.41) is 5.81. The summed E-state index contributed by atoms with van der Waals surface area (Å²) in [6, 6.07) is 13.7. The first-order valence-electron chi connectivity index (χ1n) is 9.34. The van der Waals surface area contributed by atoms with E-state index in [1.807, 2.05) is 37.3 Å². The zero-order valence-electron chi connectivity index (χ0n) is 15.6. The van der Waals surface area contributed by atoms with Crippen molar-refractivity contribution < 1.29 is 13.9 Å². The number of nitrogens with zero attached hydrogens (tertiary/aromatic N) is 1. The van der Waals surface area contributed by atoms with E-state index in [9.17, 15) is 9.18 Å². The van der Waals surface area contributed by atoms with E-state index in [4.69, 9.17) is 4.74 Å². The number of hydrogen-bond donors (Lipinski definition) is 2. The van der Waals surface area contributed by atoms with Gasteiger partial charge < -0.3 is 15.4 Å². The van der Waals surface area contributed by atoms with Crippen molar-refractivity contribution in [2.75, 3.05) is 38.2 Å². The largest absolute Gasteiger partial charge is 0.379 e. The number of nitrogens with one attached hydrogen (secondary N) is 2. The fourth-order valence-corrected chi connectivity index (χ4v) is 3.08. The van der Waals surface area contributed by atoms with Crippen LogP contribution in [0.25, 0.3) is 11.1 Å². The zero-order valence-corrected chi connectivity index (χ0v) is 15.6. The summed E-state index contributed by atoms with van der Waals surface area (Å²) >= 11 is 0. The molecule has 0 aromatic heterocycles. The Morgan fingerprint density at radius 2 is 1.89 bits per heavy atom. The van der Waals surface area contributed by atoms with Crippen molar-refractivity contribution >= 4 is 11.7 Å². The second kappa shape index (κ2) is 9.48. The van der Waals surface area contributed by atoms with Crippen LogP contribution in [0.15, 0.2) is 48.5 Å². The van der Waals surface area contributed by atoms with Crippen molar-refractivity contribution in [3.8, 4) is 11.1 Å². The number of ether oxygens (including phenoxy) is 1. The van der Waals surface area contributed by atoms with E-state index in [1.165, 1.54) is 12.1 Å². The van der Waals surface area contributed by atoms with Crippen LogP contribution in [-0.2, 0) is 4.74 Å². The molecule has 1 aliphatic heterocycles. The molecule has 0 aliphatic carbocycles. The Morgan fingerprint density at radius 3 is 2.59 bits per heavy atom. The van der Waals surface area contributed by atoms with Gasteiger partial charge in [0.2, 0.25) is 0 Å². The molecule has 27 heavy (non-hydrogen) atoms. The third-order valence-electron chi connectivity index (χ3n) is 4.66. The lowest BCUT2D eigenvalue weighted by atomic mass is 10.1. The van der Waals surface area contributed by atoms with E-state index in [-0.39, 0.29) is 17.9 Å².